The van der Waals surface area contributed by atoms with Crippen molar-refractivity contribution in [2.45, 2.75) is 6.42 Å². The van der Waals surface area contributed by atoms with E-state index in [1.165, 1.54) is 16.3 Å². The fourth-order valence-corrected chi connectivity index (χ4v) is 2.39. The van der Waals surface area contributed by atoms with E-state index in [0.717, 1.165) is 5.56 Å². The van der Waals surface area contributed by atoms with Crippen LogP contribution in [0.4, 0.5) is 0 Å². The Labute approximate surface area is 141 Å². The number of hydrogen-bond acceptors (Lipinski definition) is 1. The Morgan fingerprint density at radius 3 is 2.27 bits per heavy atom. The molecule has 0 amide bonds. The van der Waals surface area contributed by atoms with E-state index in [9.17, 15) is 0 Å². The molecule has 3 aromatic rings. The molecule has 1 N–H and O–H groups in total. The van der Waals surface area contributed by atoms with Gasteiger partial charge in [-0.25, -0.2) is 0 Å². The predicted octanol–water partition coefficient (Wildman–Crippen LogP) is 5.69. The van der Waals surface area contributed by atoms with E-state index in [4.69, 9.17) is 5.41 Å². The summed E-state index contributed by atoms with van der Waals surface area (Å²) in [7, 11) is 0. The van der Waals surface area contributed by atoms with Gasteiger partial charge in [-0.2, -0.15) is 0 Å². The van der Waals surface area contributed by atoms with Crippen molar-refractivity contribution in [3.63, 3.8) is 0 Å². The Morgan fingerprint density at radius 1 is 0.818 bits per heavy atom. The molecular formula is C20H18BrN. The van der Waals surface area contributed by atoms with Gasteiger partial charge in [-0.3, -0.25) is 0 Å². The van der Waals surface area contributed by atoms with Crippen molar-refractivity contribution in [2.24, 2.45) is 0 Å². The number of halogens is 1. The second-order valence-corrected chi connectivity index (χ2v) is 5.13. The van der Waals surface area contributed by atoms with Gasteiger partial charge in [0.25, 0.3) is 0 Å². The maximum Gasteiger partial charge on any atom is 0.0357 e. The Morgan fingerprint density at radius 2 is 1.50 bits per heavy atom. The summed E-state index contributed by atoms with van der Waals surface area (Å²) in [5, 5.41) is 10.6. The SMILES string of the molecule is Br.N=C(/C=C/c1ccccc1)Cc1ccc2ccccc2c1. The molecule has 0 heterocycles. The zero-order valence-electron chi connectivity index (χ0n) is 12.2. The summed E-state index contributed by atoms with van der Waals surface area (Å²) in [5.41, 5.74) is 2.92. The molecule has 0 saturated heterocycles. The Kier molecular flexibility index (Phi) is 5.68. The molecule has 0 spiro atoms. The lowest BCUT2D eigenvalue weighted by molar-refractivity contribution is 1.30. The highest BCUT2D eigenvalue weighted by atomic mass is 79.9. The first-order valence-corrected chi connectivity index (χ1v) is 7.09. The van der Waals surface area contributed by atoms with Crippen molar-refractivity contribution in [1.82, 2.24) is 0 Å². The van der Waals surface area contributed by atoms with Crippen LogP contribution in [-0.4, -0.2) is 5.71 Å². The van der Waals surface area contributed by atoms with Gasteiger partial charge in [0.05, 0.1) is 0 Å². The van der Waals surface area contributed by atoms with Crippen molar-refractivity contribution in [3.8, 4) is 0 Å². The van der Waals surface area contributed by atoms with E-state index in [2.05, 4.69) is 30.3 Å². The number of allylic oxidation sites excluding steroid dienone is 1. The summed E-state index contributed by atoms with van der Waals surface area (Å²) < 4.78 is 0. The zero-order valence-corrected chi connectivity index (χ0v) is 13.9. The van der Waals surface area contributed by atoms with E-state index < -0.39 is 0 Å². The van der Waals surface area contributed by atoms with Crippen molar-refractivity contribution in [2.75, 3.05) is 0 Å². The van der Waals surface area contributed by atoms with Crippen LogP contribution in [0.2, 0.25) is 0 Å². The average molecular weight is 352 g/mol. The van der Waals surface area contributed by atoms with Gasteiger partial charge in [0.1, 0.15) is 0 Å². The fourth-order valence-electron chi connectivity index (χ4n) is 2.39. The maximum absolute atomic E-state index is 8.10. The summed E-state index contributed by atoms with van der Waals surface area (Å²) in [6.45, 7) is 0. The van der Waals surface area contributed by atoms with E-state index in [-0.39, 0.29) is 17.0 Å². The topological polar surface area (TPSA) is 23.9 Å². The van der Waals surface area contributed by atoms with Crippen LogP contribution in [0.15, 0.2) is 78.9 Å². The highest BCUT2D eigenvalue weighted by molar-refractivity contribution is 8.93. The highest BCUT2D eigenvalue weighted by Gasteiger charge is 1.99. The van der Waals surface area contributed by atoms with Gasteiger partial charge in [0, 0.05) is 12.1 Å². The third kappa shape index (κ3) is 4.15. The first-order chi connectivity index (χ1) is 10.3. The normalized spacial score (nSPS) is 10.5. The molecule has 0 aromatic heterocycles. The van der Waals surface area contributed by atoms with Crippen molar-refractivity contribution in [1.29, 1.82) is 5.41 Å². The minimum atomic E-state index is 0. The monoisotopic (exact) mass is 351 g/mol. The second-order valence-electron chi connectivity index (χ2n) is 5.13. The first kappa shape index (κ1) is 16.2. The molecule has 110 valence electrons. The Hall–Kier alpha value is -2.19. The minimum Gasteiger partial charge on any atom is -0.305 e. The second kappa shape index (κ2) is 7.71. The number of benzene rings is 3. The maximum atomic E-state index is 8.10. The molecule has 0 saturated carbocycles. The first-order valence-electron chi connectivity index (χ1n) is 7.09. The standard InChI is InChI=1S/C20H17N.BrH/c21-20(13-11-16-6-2-1-3-7-16)15-17-10-12-18-8-4-5-9-19(18)14-17;/h1-14,21H,15H2;1H/b13-11+,21-20?;. The summed E-state index contributed by atoms with van der Waals surface area (Å²) in [4.78, 5) is 0. The van der Waals surface area contributed by atoms with E-state index >= 15 is 0 Å². The van der Waals surface area contributed by atoms with Crippen molar-refractivity contribution >= 4 is 39.5 Å². The molecular weight excluding hydrogens is 334 g/mol. The number of rotatable bonds is 4. The van der Waals surface area contributed by atoms with Crippen LogP contribution >= 0.6 is 17.0 Å². The highest BCUT2D eigenvalue weighted by Crippen LogP contribution is 2.16. The van der Waals surface area contributed by atoms with Crippen LogP contribution in [0.5, 0.6) is 0 Å². The van der Waals surface area contributed by atoms with Crippen LogP contribution in [0.3, 0.4) is 0 Å². The number of hydrogen-bond donors (Lipinski definition) is 1. The van der Waals surface area contributed by atoms with Gasteiger partial charge in [0.15, 0.2) is 0 Å². The molecule has 3 aromatic carbocycles. The molecule has 2 heteroatoms. The Bertz CT molecular complexity index is 791. The van der Waals surface area contributed by atoms with Crippen molar-refractivity contribution in [3.05, 3.63) is 90.0 Å². The molecule has 1 nitrogen and oxygen atoms in total. The largest absolute Gasteiger partial charge is 0.305 e. The molecule has 0 fully saturated rings. The molecule has 0 radical (unpaired) electrons. The van der Waals surface area contributed by atoms with Gasteiger partial charge in [0.2, 0.25) is 0 Å². The molecule has 0 aliphatic heterocycles. The zero-order chi connectivity index (χ0) is 14.5. The fraction of sp³-hybridized carbons (Fsp3) is 0.0500. The van der Waals surface area contributed by atoms with Crippen LogP contribution in [0.25, 0.3) is 16.8 Å². The summed E-state index contributed by atoms with van der Waals surface area (Å²) in [6.07, 6.45) is 4.53. The lowest BCUT2D eigenvalue weighted by atomic mass is 10.0. The lowest BCUT2D eigenvalue weighted by Gasteiger charge is -2.03. The molecule has 0 aliphatic carbocycles. The molecule has 0 bridgehead atoms. The third-order valence-electron chi connectivity index (χ3n) is 3.48. The third-order valence-corrected chi connectivity index (χ3v) is 3.48. The van der Waals surface area contributed by atoms with Gasteiger partial charge in [-0.1, -0.05) is 78.9 Å². The van der Waals surface area contributed by atoms with Crippen molar-refractivity contribution < 1.29 is 0 Å². The molecule has 0 atom stereocenters. The molecule has 3 rings (SSSR count). The minimum absolute atomic E-state index is 0. The predicted molar refractivity (Wildman–Crippen MR) is 101 cm³/mol. The van der Waals surface area contributed by atoms with E-state index in [0.29, 0.717) is 12.1 Å². The summed E-state index contributed by atoms with van der Waals surface area (Å²) in [6, 6.07) is 24.8. The summed E-state index contributed by atoms with van der Waals surface area (Å²) >= 11 is 0. The van der Waals surface area contributed by atoms with E-state index in [1.54, 1.807) is 0 Å². The molecule has 22 heavy (non-hydrogen) atoms. The van der Waals surface area contributed by atoms with Crippen LogP contribution in [0, 0.1) is 5.41 Å². The smallest absolute Gasteiger partial charge is 0.0357 e. The average Bonchev–Trinajstić information content (AvgIpc) is 2.54. The van der Waals surface area contributed by atoms with Gasteiger partial charge >= 0.3 is 0 Å². The van der Waals surface area contributed by atoms with Gasteiger partial charge in [-0.05, 0) is 28.0 Å². The number of fused-ring (bicyclic) bond motifs is 1. The Balaban J connectivity index is 0.00000176. The molecule has 0 unspecified atom stereocenters. The van der Waals surface area contributed by atoms with Gasteiger partial charge < -0.3 is 5.41 Å². The van der Waals surface area contributed by atoms with Crippen LogP contribution in [-0.2, 0) is 6.42 Å². The van der Waals surface area contributed by atoms with Crippen LogP contribution < -0.4 is 0 Å². The van der Waals surface area contributed by atoms with E-state index in [1.807, 2.05) is 54.6 Å². The quantitative estimate of drug-likeness (QED) is 0.583. The van der Waals surface area contributed by atoms with Gasteiger partial charge in [-0.15, -0.1) is 17.0 Å². The summed E-state index contributed by atoms with van der Waals surface area (Å²) in [5.74, 6) is 0. The number of nitrogens with one attached hydrogen (secondary N) is 1. The lowest BCUT2D eigenvalue weighted by Crippen LogP contribution is -1.97. The van der Waals surface area contributed by atoms with Crippen LogP contribution in [0.1, 0.15) is 11.1 Å². The molecule has 0 aliphatic rings.